The quantitative estimate of drug-likeness (QED) is 0.778. The van der Waals surface area contributed by atoms with Crippen LogP contribution in [0.15, 0.2) is 18.2 Å². The Bertz CT molecular complexity index is 563. The molecule has 1 fully saturated rings. The fourth-order valence-electron chi connectivity index (χ4n) is 1.98. The summed E-state index contributed by atoms with van der Waals surface area (Å²) in [7, 11) is 0. The summed E-state index contributed by atoms with van der Waals surface area (Å²) in [5.74, 6) is 0. The largest absolute Gasteiger partial charge is 0.417 e. The molecule has 1 N–H and O–H groups in total. The SMILES string of the molecule is CC1(C)COCN1C(=S)Nc1ccc(Cl)c(C(F)(F)F)c1. The molecule has 1 aliphatic heterocycles. The zero-order valence-corrected chi connectivity index (χ0v) is 13.0. The van der Waals surface area contributed by atoms with Gasteiger partial charge in [0.15, 0.2) is 5.11 Å². The Kier molecular flexibility index (Phi) is 4.37. The average Bonchev–Trinajstić information content (AvgIpc) is 2.70. The molecule has 1 saturated heterocycles. The van der Waals surface area contributed by atoms with Gasteiger partial charge in [-0.15, -0.1) is 0 Å². The monoisotopic (exact) mass is 338 g/mol. The Labute approximate surface area is 131 Å². The number of hydrogen-bond donors (Lipinski definition) is 1. The number of benzene rings is 1. The van der Waals surface area contributed by atoms with Gasteiger partial charge in [0.1, 0.15) is 6.73 Å². The van der Waals surface area contributed by atoms with Gasteiger partial charge in [0.05, 0.1) is 22.7 Å². The van der Waals surface area contributed by atoms with E-state index < -0.39 is 11.7 Å². The van der Waals surface area contributed by atoms with Crippen LogP contribution in [0.25, 0.3) is 0 Å². The lowest BCUT2D eigenvalue weighted by atomic mass is 10.1. The molecule has 0 atom stereocenters. The number of halogens is 4. The predicted molar refractivity (Wildman–Crippen MR) is 79.4 cm³/mol. The molecule has 116 valence electrons. The van der Waals surface area contributed by atoms with E-state index in [-0.39, 0.29) is 16.2 Å². The van der Waals surface area contributed by atoms with E-state index in [4.69, 9.17) is 28.6 Å². The minimum Gasteiger partial charge on any atom is -0.359 e. The zero-order valence-electron chi connectivity index (χ0n) is 11.4. The van der Waals surface area contributed by atoms with Crippen LogP contribution in [0.5, 0.6) is 0 Å². The highest BCUT2D eigenvalue weighted by atomic mass is 35.5. The Morgan fingerprint density at radius 3 is 2.62 bits per heavy atom. The maximum atomic E-state index is 12.8. The number of thiocarbonyl (C=S) groups is 1. The van der Waals surface area contributed by atoms with Gasteiger partial charge in [-0.25, -0.2) is 0 Å². The van der Waals surface area contributed by atoms with E-state index >= 15 is 0 Å². The van der Waals surface area contributed by atoms with Crippen molar-refractivity contribution in [1.29, 1.82) is 0 Å². The van der Waals surface area contributed by atoms with E-state index in [0.717, 1.165) is 6.07 Å². The molecule has 2 rings (SSSR count). The molecule has 8 heteroatoms. The van der Waals surface area contributed by atoms with Gasteiger partial charge in [-0.05, 0) is 44.3 Å². The van der Waals surface area contributed by atoms with Gasteiger partial charge in [0.2, 0.25) is 0 Å². The Morgan fingerprint density at radius 2 is 2.10 bits per heavy atom. The number of ether oxygens (including phenoxy) is 1. The molecule has 0 saturated carbocycles. The topological polar surface area (TPSA) is 24.5 Å². The summed E-state index contributed by atoms with van der Waals surface area (Å²) in [6, 6.07) is 3.59. The lowest BCUT2D eigenvalue weighted by Gasteiger charge is -2.31. The summed E-state index contributed by atoms with van der Waals surface area (Å²) in [4.78, 5) is 1.78. The third-order valence-electron chi connectivity index (χ3n) is 3.17. The van der Waals surface area contributed by atoms with Crippen LogP contribution in [0.2, 0.25) is 5.02 Å². The van der Waals surface area contributed by atoms with Gasteiger partial charge >= 0.3 is 6.18 Å². The predicted octanol–water partition coefficient (Wildman–Crippen LogP) is 4.12. The standard InChI is InChI=1S/C13H14ClF3N2OS/c1-12(2)6-20-7-19(12)11(21)18-8-3-4-10(14)9(5-8)13(15,16)17/h3-5H,6-7H2,1-2H3,(H,18,21). The molecular formula is C13H14ClF3N2OS. The number of rotatable bonds is 1. The second-order valence-corrected chi connectivity index (χ2v) is 6.13. The molecule has 1 aromatic rings. The van der Waals surface area contributed by atoms with Crippen molar-refractivity contribution in [2.75, 3.05) is 18.7 Å². The molecule has 0 bridgehead atoms. The fraction of sp³-hybridized carbons (Fsp3) is 0.462. The molecule has 0 amide bonds. The number of alkyl halides is 3. The normalized spacial score (nSPS) is 17.9. The Balaban J connectivity index is 2.19. The molecule has 0 unspecified atom stereocenters. The number of nitrogens with one attached hydrogen (secondary N) is 1. The average molecular weight is 339 g/mol. The van der Waals surface area contributed by atoms with E-state index in [9.17, 15) is 13.2 Å². The lowest BCUT2D eigenvalue weighted by molar-refractivity contribution is -0.137. The van der Waals surface area contributed by atoms with Crippen LogP contribution in [-0.4, -0.2) is 28.9 Å². The molecular weight excluding hydrogens is 325 g/mol. The van der Waals surface area contributed by atoms with Gasteiger partial charge in [-0.3, -0.25) is 0 Å². The summed E-state index contributed by atoms with van der Waals surface area (Å²) >= 11 is 10.8. The first-order valence-electron chi connectivity index (χ1n) is 6.14. The first-order valence-corrected chi connectivity index (χ1v) is 6.93. The van der Waals surface area contributed by atoms with Gasteiger partial charge in [0.25, 0.3) is 0 Å². The minimum absolute atomic E-state index is 0.236. The first kappa shape index (κ1) is 16.3. The number of hydrogen-bond acceptors (Lipinski definition) is 2. The molecule has 21 heavy (non-hydrogen) atoms. The third kappa shape index (κ3) is 3.59. The fourth-order valence-corrected chi connectivity index (χ4v) is 2.63. The zero-order chi connectivity index (χ0) is 15.8. The summed E-state index contributed by atoms with van der Waals surface area (Å²) in [5, 5.41) is 2.77. The maximum absolute atomic E-state index is 12.8. The van der Waals surface area contributed by atoms with Crippen molar-refractivity contribution >= 4 is 34.6 Å². The Morgan fingerprint density at radius 1 is 1.43 bits per heavy atom. The highest BCUT2D eigenvalue weighted by Crippen LogP contribution is 2.36. The van der Waals surface area contributed by atoms with Crippen molar-refractivity contribution in [3.63, 3.8) is 0 Å². The molecule has 0 radical (unpaired) electrons. The van der Waals surface area contributed by atoms with Gasteiger partial charge in [-0.2, -0.15) is 13.2 Å². The first-order chi connectivity index (χ1) is 9.61. The van der Waals surface area contributed by atoms with Crippen LogP contribution in [0.4, 0.5) is 18.9 Å². The second-order valence-electron chi connectivity index (χ2n) is 5.34. The molecule has 3 nitrogen and oxygen atoms in total. The lowest BCUT2D eigenvalue weighted by Crippen LogP contribution is -2.46. The summed E-state index contributed by atoms with van der Waals surface area (Å²) < 4.78 is 43.8. The third-order valence-corrected chi connectivity index (χ3v) is 3.83. The Hall–Kier alpha value is -1.05. The van der Waals surface area contributed by atoms with Crippen molar-refractivity contribution in [3.8, 4) is 0 Å². The van der Waals surface area contributed by atoms with Crippen molar-refractivity contribution < 1.29 is 17.9 Å². The van der Waals surface area contributed by atoms with Gasteiger partial charge in [0, 0.05) is 5.69 Å². The molecule has 0 aliphatic carbocycles. The van der Waals surface area contributed by atoms with Crippen LogP contribution in [0.3, 0.4) is 0 Å². The van der Waals surface area contributed by atoms with Crippen LogP contribution in [-0.2, 0) is 10.9 Å². The molecule has 1 heterocycles. The summed E-state index contributed by atoms with van der Waals surface area (Å²) in [5.41, 5.74) is -0.961. The van der Waals surface area contributed by atoms with Crippen LogP contribution >= 0.6 is 23.8 Å². The van der Waals surface area contributed by atoms with Crippen LogP contribution in [0, 0.1) is 0 Å². The van der Waals surface area contributed by atoms with E-state index in [2.05, 4.69) is 5.32 Å². The maximum Gasteiger partial charge on any atom is 0.417 e. The molecule has 0 spiro atoms. The highest BCUT2D eigenvalue weighted by Gasteiger charge is 2.36. The van der Waals surface area contributed by atoms with E-state index in [0.29, 0.717) is 18.5 Å². The van der Waals surface area contributed by atoms with E-state index in [1.807, 2.05) is 13.8 Å². The smallest absolute Gasteiger partial charge is 0.359 e. The van der Waals surface area contributed by atoms with Gasteiger partial charge in [-0.1, -0.05) is 11.6 Å². The molecule has 0 aromatic heterocycles. The summed E-state index contributed by atoms with van der Waals surface area (Å²) in [6.45, 7) is 4.69. The summed E-state index contributed by atoms with van der Waals surface area (Å²) in [6.07, 6.45) is -4.51. The minimum atomic E-state index is -4.51. The molecule has 1 aromatic carbocycles. The number of anilines is 1. The van der Waals surface area contributed by atoms with Crippen molar-refractivity contribution in [3.05, 3.63) is 28.8 Å². The van der Waals surface area contributed by atoms with Crippen molar-refractivity contribution in [2.45, 2.75) is 25.6 Å². The van der Waals surface area contributed by atoms with Crippen molar-refractivity contribution in [1.82, 2.24) is 4.90 Å². The van der Waals surface area contributed by atoms with E-state index in [1.54, 1.807) is 4.90 Å². The van der Waals surface area contributed by atoms with E-state index in [1.165, 1.54) is 12.1 Å². The molecule has 1 aliphatic rings. The number of nitrogens with zero attached hydrogens (tertiary/aromatic N) is 1. The van der Waals surface area contributed by atoms with Crippen molar-refractivity contribution in [2.24, 2.45) is 0 Å². The highest BCUT2D eigenvalue weighted by molar-refractivity contribution is 7.80. The second kappa shape index (κ2) is 5.62. The van der Waals surface area contributed by atoms with Crippen LogP contribution in [0.1, 0.15) is 19.4 Å². The van der Waals surface area contributed by atoms with Gasteiger partial charge < -0.3 is 15.0 Å². The van der Waals surface area contributed by atoms with Crippen LogP contribution < -0.4 is 5.32 Å².